The normalized spacial score (nSPS) is 16.7. The first-order valence-corrected chi connectivity index (χ1v) is 10.4. The highest BCUT2D eigenvalue weighted by Crippen LogP contribution is 2.28. The van der Waals surface area contributed by atoms with Crippen molar-refractivity contribution < 1.29 is 22.0 Å². The molecule has 0 radical (unpaired) electrons. The van der Waals surface area contributed by atoms with Crippen LogP contribution < -0.4 is 0 Å². The molecule has 0 amide bonds. The van der Waals surface area contributed by atoms with Crippen LogP contribution in [-0.2, 0) is 14.6 Å². The van der Waals surface area contributed by atoms with Gasteiger partial charge in [0.2, 0.25) is 0 Å². The Morgan fingerprint density at radius 3 is 2.33 bits per heavy atom. The fourth-order valence-electron chi connectivity index (χ4n) is 3.27. The minimum atomic E-state index is -3.48. The van der Waals surface area contributed by atoms with Crippen molar-refractivity contribution in [1.82, 2.24) is 4.90 Å². The Bertz CT molecular complexity index is 928. The summed E-state index contributed by atoms with van der Waals surface area (Å²) in [5.41, 5.74) is 0.551. The van der Waals surface area contributed by atoms with Crippen LogP contribution in [0.3, 0.4) is 0 Å². The second kappa shape index (κ2) is 8.04. The lowest BCUT2D eigenvalue weighted by molar-refractivity contribution is -0.109. The van der Waals surface area contributed by atoms with E-state index in [-0.39, 0.29) is 21.6 Å². The summed E-state index contributed by atoms with van der Waals surface area (Å²) in [6.45, 7) is 1.45. The lowest BCUT2D eigenvalue weighted by atomic mass is 9.95. The summed E-state index contributed by atoms with van der Waals surface area (Å²) in [5.74, 6) is -1.55. The van der Waals surface area contributed by atoms with Crippen LogP contribution in [0.2, 0.25) is 5.02 Å². The van der Waals surface area contributed by atoms with E-state index in [1.165, 1.54) is 30.3 Å². The van der Waals surface area contributed by atoms with Gasteiger partial charge in [0.25, 0.3) is 0 Å². The second-order valence-electron chi connectivity index (χ2n) is 6.73. The summed E-state index contributed by atoms with van der Waals surface area (Å²) >= 11 is 6.02. The molecule has 0 aliphatic carbocycles. The number of sulfone groups is 1. The molecule has 0 spiro atoms. The van der Waals surface area contributed by atoms with Crippen molar-refractivity contribution in [2.45, 2.75) is 10.8 Å². The van der Waals surface area contributed by atoms with E-state index < -0.39 is 27.4 Å². The number of carbonyl (C=O) groups excluding carboxylic acids is 1. The Balaban J connectivity index is 1.57. The van der Waals surface area contributed by atoms with E-state index >= 15 is 0 Å². The summed E-state index contributed by atoms with van der Waals surface area (Å²) in [4.78, 5) is 13.5. The number of likely N-dealkylation sites (tertiary alicyclic amines) is 1. The molecule has 1 aliphatic rings. The largest absolute Gasteiger partial charge is 0.303 e. The molecule has 1 heterocycles. The third-order valence-corrected chi connectivity index (χ3v) is 6.87. The van der Waals surface area contributed by atoms with E-state index in [0.29, 0.717) is 25.2 Å². The highest BCUT2D eigenvalue weighted by Gasteiger charge is 2.33. The van der Waals surface area contributed by atoms with Gasteiger partial charge in [0.1, 0.15) is 17.9 Å². The van der Waals surface area contributed by atoms with Crippen LogP contribution >= 0.6 is 11.6 Å². The second-order valence-corrected chi connectivity index (χ2v) is 9.17. The molecule has 0 bridgehead atoms. The van der Waals surface area contributed by atoms with Crippen LogP contribution in [-0.4, -0.2) is 45.0 Å². The van der Waals surface area contributed by atoms with Crippen molar-refractivity contribution in [1.29, 1.82) is 0 Å². The van der Waals surface area contributed by atoms with Crippen molar-refractivity contribution in [3.63, 3.8) is 0 Å². The number of hydrogen-bond acceptors (Lipinski definition) is 4. The lowest BCUT2D eigenvalue weighted by Crippen LogP contribution is -2.50. The van der Waals surface area contributed by atoms with Crippen LogP contribution in [0, 0.1) is 17.6 Å². The molecule has 0 saturated carbocycles. The number of nitrogens with zero attached hydrogens (tertiary/aromatic N) is 1. The van der Waals surface area contributed by atoms with Crippen LogP contribution in [0.4, 0.5) is 8.78 Å². The first kappa shape index (κ1) is 19.9. The maximum absolute atomic E-state index is 13.2. The molecule has 2 aromatic carbocycles. The Labute approximate surface area is 161 Å². The predicted octanol–water partition coefficient (Wildman–Crippen LogP) is 3.31. The van der Waals surface area contributed by atoms with Crippen LogP contribution in [0.15, 0.2) is 47.4 Å². The van der Waals surface area contributed by atoms with Gasteiger partial charge in [0, 0.05) is 24.7 Å². The maximum atomic E-state index is 13.2. The Morgan fingerprint density at radius 2 is 1.74 bits per heavy atom. The molecule has 8 heteroatoms. The van der Waals surface area contributed by atoms with E-state index in [1.807, 2.05) is 4.90 Å². The molecule has 2 aromatic rings. The minimum absolute atomic E-state index is 0.0296. The van der Waals surface area contributed by atoms with Gasteiger partial charge in [-0.05, 0) is 47.9 Å². The van der Waals surface area contributed by atoms with Crippen LogP contribution in [0.1, 0.15) is 11.5 Å². The average molecular weight is 414 g/mol. The third kappa shape index (κ3) is 4.72. The maximum Gasteiger partial charge on any atom is 0.178 e. The number of hydrogen-bond donors (Lipinski definition) is 0. The van der Waals surface area contributed by atoms with Crippen molar-refractivity contribution in [2.24, 2.45) is 5.92 Å². The molecule has 1 unspecified atom stereocenters. The zero-order valence-electron chi connectivity index (χ0n) is 14.3. The summed E-state index contributed by atoms with van der Waals surface area (Å²) in [7, 11) is -3.48. The Hall–Kier alpha value is -1.83. The topological polar surface area (TPSA) is 54.5 Å². The molecular weight excluding hydrogens is 396 g/mol. The fourth-order valence-corrected chi connectivity index (χ4v) is 5.16. The minimum Gasteiger partial charge on any atom is -0.303 e. The van der Waals surface area contributed by atoms with Crippen molar-refractivity contribution in [3.8, 4) is 0 Å². The van der Waals surface area contributed by atoms with E-state index in [0.717, 1.165) is 18.4 Å². The molecule has 1 aliphatic heterocycles. The SMILES string of the molecule is O=CC(CN1CC(CS(=O)(=O)c2ccc(F)cc2)C1)c1ccc(F)cc1Cl. The van der Waals surface area contributed by atoms with Crippen molar-refractivity contribution in [2.75, 3.05) is 25.4 Å². The van der Waals surface area contributed by atoms with E-state index in [9.17, 15) is 22.0 Å². The molecule has 3 rings (SSSR count). The first-order valence-electron chi connectivity index (χ1n) is 8.39. The van der Waals surface area contributed by atoms with Crippen LogP contribution in [0.5, 0.6) is 0 Å². The third-order valence-electron chi connectivity index (χ3n) is 4.64. The number of carbonyl (C=O) groups is 1. The standard InChI is InChI=1S/C19H18ClF2NO3S/c20-19-7-16(22)3-6-18(19)14(11-24)10-23-8-13(9-23)12-27(25,26)17-4-1-15(21)2-5-17/h1-7,11,13-14H,8-10,12H2. The van der Waals surface area contributed by atoms with Gasteiger partial charge in [-0.3, -0.25) is 0 Å². The van der Waals surface area contributed by atoms with Gasteiger partial charge in [-0.1, -0.05) is 17.7 Å². The summed E-state index contributed by atoms with van der Waals surface area (Å²) < 4.78 is 50.9. The molecule has 27 heavy (non-hydrogen) atoms. The summed E-state index contributed by atoms with van der Waals surface area (Å²) in [6, 6.07) is 8.70. The highest BCUT2D eigenvalue weighted by molar-refractivity contribution is 7.91. The first-order chi connectivity index (χ1) is 12.8. The van der Waals surface area contributed by atoms with Gasteiger partial charge in [0.15, 0.2) is 9.84 Å². The van der Waals surface area contributed by atoms with Crippen LogP contribution in [0.25, 0.3) is 0 Å². The predicted molar refractivity (Wildman–Crippen MR) is 98.6 cm³/mol. The number of aldehydes is 1. The molecule has 144 valence electrons. The van der Waals surface area contributed by atoms with Gasteiger partial charge in [-0.25, -0.2) is 17.2 Å². The van der Waals surface area contributed by atoms with E-state index in [1.54, 1.807) is 0 Å². The number of benzene rings is 2. The molecular formula is C19H18ClF2NO3S. The Morgan fingerprint density at radius 1 is 1.11 bits per heavy atom. The average Bonchev–Trinajstić information content (AvgIpc) is 2.58. The highest BCUT2D eigenvalue weighted by atomic mass is 35.5. The lowest BCUT2D eigenvalue weighted by Gasteiger charge is -2.40. The zero-order chi connectivity index (χ0) is 19.6. The van der Waals surface area contributed by atoms with Crippen molar-refractivity contribution >= 4 is 27.7 Å². The summed E-state index contributed by atoms with van der Waals surface area (Å²) in [6.07, 6.45) is 0.766. The number of rotatable bonds is 7. The quantitative estimate of drug-likeness (QED) is 0.516. The molecule has 1 fully saturated rings. The zero-order valence-corrected chi connectivity index (χ0v) is 15.9. The molecule has 0 N–H and O–H groups in total. The monoisotopic (exact) mass is 413 g/mol. The van der Waals surface area contributed by atoms with Gasteiger partial charge >= 0.3 is 0 Å². The Kier molecular flexibility index (Phi) is 5.93. The number of halogens is 3. The van der Waals surface area contributed by atoms with E-state index in [4.69, 9.17) is 11.6 Å². The molecule has 1 atom stereocenters. The van der Waals surface area contributed by atoms with E-state index in [2.05, 4.69) is 0 Å². The smallest absolute Gasteiger partial charge is 0.178 e. The van der Waals surface area contributed by atoms with Gasteiger partial charge < -0.3 is 9.69 Å². The fraction of sp³-hybridized carbons (Fsp3) is 0.316. The van der Waals surface area contributed by atoms with Gasteiger partial charge in [0.05, 0.1) is 16.6 Å². The van der Waals surface area contributed by atoms with Gasteiger partial charge in [-0.2, -0.15) is 0 Å². The molecule has 0 aromatic heterocycles. The van der Waals surface area contributed by atoms with Crippen molar-refractivity contribution in [3.05, 3.63) is 64.7 Å². The van der Waals surface area contributed by atoms with Gasteiger partial charge in [-0.15, -0.1) is 0 Å². The molecule has 4 nitrogen and oxygen atoms in total. The summed E-state index contributed by atoms with van der Waals surface area (Å²) in [5, 5.41) is 0.197. The molecule has 1 saturated heterocycles.